The Bertz CT molecular complexity index is 1200. The number of halogens is 1. The van der Waals surface area contributed by atoms with Gasteiger partial charge in [-0.3, -0.25) is 9.10 Å². The zero-order chi connectivity index (χ0) is 24.4. The molecule has 3 aromatic carbocycles. The summed E-state index contributed by atoms with van der Waals surface area (Å²) in [4.78, 5) is 12.6. The van der Waals surface area contributed by atoms with Crippen LogP contribution in [0.15, 0.2) is 88.9 Å². The van der Waals surface area contributed by atoms with E-state index in [9.17, 15) is 13.2 Å². The van der Waals surface area contributed by atoms with E-state index < -0.39 is 22.5 Å². The first-order valence-electron chi connectivity index (χ1n) is 10.8. The number of nitrogens with one attached hydrogen (secondary N) is 1. The lowest BCUT2D eigenvalue weighted by Crippen LogP contribution is -2.39. The fourth-order valence-electron chi connectivity index (χ4n) is 2.97. The Labute approximate surface area is 205 Å². The van der Waals surface area contributed by atoms with Crippen molar-refractivity contribution in [2.45, 2.75) is 24.7 Å². The highest BCUT2D eigenvalue weighted by Crippen LogP contribution is 2.24. The Balaban J connectivity index is 1.68. The molecule has 3 rings (SSSR count). The summed E-state index contributed by atoms with van der Waals surface area (Å²) in [7, 11) is -4.01. The van der Waals surface area contributed by atoms with Crippen molar-refractivity contribution in [1.82, 2.24) is 5.43 Å². The predicted molar refractivity (Wildman–Crippen MR) is 135 cm³/mol. The summed E-state index contributed by atoms with van der Waals surface area (Å²) in [5.74, 6) is 0.178. The van der Waals surface area contributed by atoms with Crippen molar-refractivity contribution in [2.75, 3.05) is 17.5 Å². The molecule has 7 nitrogen and oxygen atoms in total. The highest BCUT2D eigenvalue weighted by molar-refractivity contribution is 7.92. The zero-order valence-electron chi connectivity index (χ0n) is 18.7. The van der Waals surface area contributed by atoms with Crippen LogP contribution in [0.5, 0.6) is 5.75 Å². The molecule has 178 valence electrons. The number of sulfonamides is 1. The van der Waals surface area contributed by atoms with Gasteiger partial charge in [0.2, 0.25) is 0 Å². The smallest absolute Gasteiger partial charge is 0.264 e. The second-order valence-electron chi connectivity index (χ2n) is 7.37. The third-order valence-corrected chi connectivity index (χ3v) is 6.82. The number of benzene rings is 3. The van der Waals surface area contributed by atoms with E-state index in [2.05, 4.69) is 17.5 Å². The Morgan fingerprint density at radius 3 is 2.35 bits per heavy atom. The van der Waals surface area contributed by atoms with Gasteiger partial charge in [-0.1, -0.05) is 43.1 Å². The number of hydrazone groups is 1. The topological polar surface area (TPSA) is 88.1 Å². The molecule has 1 amide bonds. The van der Waals surface area contributed by atoms with Crippen LogP contribution in [0, 0.1) is 0 Å². The number of amides is 1. The number of carbonyl (C=O) groups is 1. The van der Waals surface area contributed by atoms with Gasteiger partial charge in [-0.25, -0.2) is 13.8 Å². The fraction of sp³-hybridized carbons (Fsp3) is 0.200. The molecule has 3 aromatic rings. The van der Waals surface area contributed by atoms with Crippen molar-refractivity contribution in [3.63, 3.8) is 0 Å². The van der Waals surface area contributed by atoms with Crippen molar-refractivity contribution >= 4 is 39.4 Å². The van der Waals surface area contributed by atoms with Gasteiger partial charge in [-0.05, 0) is 72.6 Å². The Kier molecular flexibility index (Phi) is 9.07. The number of unbranched alkanes of at least 4 members (excludes halogenated alkanes) is 1. The molecule has 0 saturated carbocycles. The van der Waals surface area contributed by atoms with Crippen molar-refractivity contribution in [2.24, 2.45) is 5.10 Å². The fourth-order valence-corrected chi connectivity index (χ4v) is 4.52. The summed E-state index contributed by atoms with van der Waals surface area (Å²) >= 11 is 5.89. The molecular weight excluding hydrogens is 474 g/mol. The first-order chi connectivity index (χ1) is 16.4. The monoisotopic (exact) mass is 499 g/mol. The second-order valence-corrected chi connectivity index (χ2v) is 9.66. The van der Waals surface area contributed by atoms with Crippen LogP contribution in [0.4, 0.5) is 5.69 Å². The van der Waals surface area contributed by atoms with E-state index in [1.807, 2.05) is 24.3 Å². The number of ether oxygens (including phenoxy) is 1. The van der Waals surface area contributed by atoms with E-state index >= 15 is 0 Å². The van der Waals surface area contributed by atoms with Gasteiger partial charge in [-0.2, -0.15) is 5.10 Å². The highest BCUT2D eigenvalue weighted by Gasteiger charge is 2.27. The molecule has 0 aromatic heterocycles. The Hall–Kier alpha value is -3.36. The van der Waals surface area contributed by atoms with Crippen LogP contribution in [0.25, 0.3) is 0 Å². The number of nitrogens with zero attached hydrogens (tertiary/aromatic N) is 2. The maximum absolute atomic E-state index is 13.3. The van der Waals surface area contributed by atoms with Gasteiger partial charge in [0.05, 0.1) is 23.4 Å². The largest absolute Gasteiger partial charge is 0.494 e. The molecule has 0 radical (unpaired) electrons. The summed E-state index contributed by atoms with van der Waals surface area (Å²) < 4.78 is 33.2. The van der Waals surface area contributed by atoms with Gasteiger partial charge in [0.15, 0.2) is 0 Å². The quantitative estimate of drug-likeness (QED) is 0.232. The standard InChI is InChI=1S/C25H26ClN3O4S/c1-2-3-17-33-23-13-9-20(10-14-23)18-27-28-25(30)19-29(22-7-5-4-6-8-22)34(31,32)24-15-11-21(26)12-16-24/h4-16,18H,2-3,17,19H2,1H3,(H,28,30)/b27-18-. The maximum Gasteiger partial charge on any atom is 0.264 e. The molecule has 0 saturated heterocycles. The van der Waals surface area contributed by atoms with E-state index in [1.165, 1.54) is 30.5 Å². The first kappa shape index (κ1) is 25.3. The van der Waals surface area contributed by atoms with Crippen LogP contribution >= 0.6 is 11.6 Å². The Morgan fingerprint density at radius 2 is 1.71 bits per heavy atom. The van der Waals surface area contributed by atoms with Crippen LogP contribution in [0.2, 0.25) is 5.02 Å². The van der Waals surface area contributed by atoms with Gasteiger partial charge >= 0.3 is 0 Å². The van der Waals surface area contributed by atoms with Gasteiger partial charge < -0.3 is 4.74 Å². The number of carbonyl (C=O) groups excluding carboxylic acids is 1. The average Bonchev–Trinajstić information content (AvgIpc) is 2.84. The van der Waals surface area contributed by atoms with Gasteiger partial charge in [0.25, 0.3) is 15.9 Å². The molecule has 0 heterocycles. The van der Waals surface area contributed by atoms with E-state index in [-0.39, 0.29) is 4.90 Å². The average molecular weight is 500 g/mol. The molecular formula is C25H26ClN3O4S. The molecule has 0 spiro atoms. The van der Waals surface area contributed by atoms with E-state index in [1.54, 1.807) is 30.3 Å². The molecule has 1 N–H and O–H groups in total. The van der Waals surface area contributed by atoms with Crippen molar-refractivity contribution in [1.29, 1.82) is 0 Å². The van der Waals surface area contributed by atoms with Crippen molar-refractivity contribution < 1.29 is 17.9 Å². The van der Waals surface area contributed by atoms with Crippen LogP contribution in [-0.4, -0.2) is 33.7 Å². The molecule has 0 aliphatic heterocycles. The molecule has 0 unspecified atom stereocenters. The van der Waals surface area contributed by atoms with Gasteiger partial charge in [-0.15, -0.1) is 0 Å². The van der Waals surface area contributed by atoms with E-state index in [0.29, 0.717) is 17.3 Å². The van der Waals surface area contributed by atoms with E-state index in [0.717, 1.165) is 28.5 Å². The van der Waals surface area contributed by atoms with Crippen LogP contribution in [0.3, 0.4) is 0 Å². The number of rotatable bonds is 11. The normalized spacial score (nSPS) is 11.4. The SMILES string of the molecule is CCCCOc1ccc(/C=N\NC(=O)CN(c2ccccc2)S(=O)(=O)c2ccc(Cl)cc2)cc1. The highest BCUT2D eigenvalue weighted by atomic mass is 35.5. The third kappa shape index (κ3) is 7.07. The summed E-state index contributed by atoms with van der Waals surface area (Å²) in [5.41, 5.74) is 3.51. The van der Waals surface area contributed by atoms with Crippen LogP contribution < -0.4 is 14.5 Å². The second kappa shape index (κ2) is 12.2. The number of para-hydroxylation sites is 1. The molecule has 0 bridgehead atoms. The van der Waals surface area contributed by atoms with Gasteiger partial charge in [0.1, 0.15) is 12.3 Å². The third-order valence-electron chi connectivity index (χ3n) is 4.78. The summed E-state index contributed by atoms with van der Waals surface area (Å²) in [5, 5.41) is 4.37. The van der Waals surface area contributed by atoms with Crippen LogP contribution in [0.1, 0.15) is 25.3 Å². The lowest BCUT2D eigenvalue weighted by Gasteiger charge is -2.23. The minimum Gasteiger partial charge on any atom is -0.494 e. The van der Waals surface area contributed by atoms with Gasteiger partial charge in [0, 0.05) is 5.02 Å². The predicted octanol–water partition coefficient (Wildman–Crippen LogP) is 4.86. The lowest BCUT2D eigenvalue weighted by molar-refractivity contribution is -0.119. The number of hydrogen-bond acceptors (Lipinski definition) is 5. The summed E-state index contributed by atoms with van der Waals surface area (Å²) in [6.45, 7) is 2.32. The first-order valence-corrected chi connectivity index (χ1v) is 12.6. The molecule has 0 aliphatic carbocycles. The lowest BCUT2D eigenvalue weighted by atomic mass is 10.2. The van der Waals surface area contributed by atoms with E-state index in [4.69, 9.17) is 16.3 Å². The van der Waals surface area contributed by atoms with Crippen molar-refractivity contribution in [3.05, 3.63) is 89.4 Å². The molecule has 9 heteroatoms. The minimum absolute atomic E-state index is 0.0262. The molecule has 0 aliphatic rings. The molecule has 0 atom stereocenters. The summed E-state index contributed by atoms with van der Waals surface area (Å²) in [6.07, 6.45) is 3.53. The number of anilines is 1. The molecule has 34 heavy (non-hydrogen) atoms. The zero-order valence-corrected chi connectivity index (χ0v) is 20.3. The van der Waals surface area contributed by atoms with Crippen LogP contribution in [-0.2, 0) is 14.8 Å². The summed E-state index contributed by atoms with van der Waals surface area (Å²) in [6, 6.07) is 21.5. The minimum atomic E-state index is -4.01. The maximum atomic E-state index is 13.3. The molecule has 0 fully saturated rings. The Morgan fingerprint density at radius 1 is 1.03 bits per heavy atom. The number of hydrogen-bond donors (Lipinski definition) is 1. The van der Waals surface area contributed by atoms with Crippen molar-refractivity contribution in [3.8, 4) is 5.75 Å².